The zero-order valence-corrected chi connectivity index (χ0v) is 14.1. The highest BCUT2D eigenvalue weighted by molar-refractivity contribution is 7.98. The van der Waals surface area contributed by atoms with Gasteiger partial charge in [-0.05, 0) is 42.9 Å². The van der Waals surface area contributed by atoms with Crippen LogP contribution in [0.5, 0.6) is 0 Å². The van der Waals surface area contributed by atoms with Crippen LogP contribution in [0.15, 0.2) is 29.2 Å². The maximum atomic E-state index is 12.0. The molecule has 0 atom stereocenters. The van der Waals surface area contributed by atoms with Gasteiger partial charge >= 0.3 is 5.97 Å². The lowest BCUT2D eigenvalue weighted by atomic mass is 10.1. The maximum absolute atomic E-state index is 12.0. The smallest absolute Gasteiger partial charge is 0.350 e. The molecule has 0 spiro atoms. The molecule has 2 aromatic rings. The number of esters is 1. The van der Waals surface area contributed by atoms with Crippen LogP contribution in [0.2, 0.25) is 0 Å². The molecular weight excluding hydrogens is 302 g/mol. The number of ether oxygens (including phenoxy) is 1. The van der Waals surface area contributed by atoms with E-state index in [-0.39, 0.29) is 5.97 Å². The number of thiophene rings is 1. The van der Waals surface area contributed by atoms with Crippen LogP contribution in [0.25, 0.3) is 10.4 Å². The molecule has 0 unspecified atom stereocenters. The molecule has 1 heterocycles. The molecule has 0 aliphatic heterocycles. The Morgan fingerprint density at radius 2 is 1.95 bits per heavy atom. The van der Waals surface area contributed by atoms with Crippen molar-refractivity contribution in [2.45, 2.75) is 25.2 Å². The van der Waals surface area contributed by atoms with E-state index >= 15 is 0 Å². The summed E-state index contributed by atoms with van der Waals surface area (Å²) in [7, 11) is 0. The second-order valence-corrected chi connectivity index (χ2v) is 6.36. The molecule has 0 bridgehead atoms. The summed E-state index contributed by atoms with van der Waals surface area (Å²) in [5.74, 6) is -0.332. The summed E-state index contributed by atoms with van der Waals surface area (Å²) in [4.78, 5) is 14.8. The molecule has 1 aromatic heterocycles. The molecule has 0 saturated carbocycles. The molecule has 21 heavy (non-hydrogen) atoms. The SMILES string of the molecule is CCOC(=O)c1sc(-c2ccc(SC)cc2)c(CC)c1N. The molecule has 2 N–H and O–H groups in total. The maximum Gasteiger partial charge on any atom is 0.350 e. The van der Waals surface area contributed by atoms with E-state index in [4.69, 9.17) is 10.5 Å². The Balaban J connectivity index is 2.47. The monoisotopic (exact) mass is 321 g/mol. The topological polar surface area (TPSA) is 52.3 Å². The Bertz CT molecular complexity index is 632. The van der Waals surface area contributed by atoms with E-state index in [0.29, 0.717) is 17.2 Å². The van der Waals surface area contributed by atoms with Gasteiger partial charge in [-0.25, -0.2) is 4.79 Å². The van der Waals surface area contributed by atoms with Crippen molar-refractivity contribution in [3.05, 3.63) is 34.7 Å². The highest BCUT2D eigenvalue weighted by Crippen LogP contribution is 2.39. The average molecular weight is 321 g/mol. The predicted molar refractivity (Wildman–Crippen MR) is 91.3 cm³/mol. The number of carbonyl (C=O) groups is 1. The molecular formula is C16H19NO2S2. The van der Waals surface area contributed by atoms with Gasteiger partial charge in [0.05, 0.1) is 12.3 Å². The molecule has 0 saturated heterocycles. The molecule has 1 aromatic carbocycles. The number of hydrogen-bond acceptors (Lipinski definition) is 5. The van der Waals surface area contributed by atoms with Crippen molar-refractivity contribution in [2.75, 3.05) is 18.6 Å². The third kappa shape index (κ3) is 3.24. The first-order valence-corrected chi connectivity index (χ1v) is 8.89. The van der Waals surface area contributed by atoms with E-state index in [9.17, 15) is 4.79 Å². The summed E-state index contributed by atoms with van der Waals surface area (Å²) in [6, 6.07) is 8.31. The van der Waals surface area contributed by atoms with Gasteiger partial charge in [0.25, 0.3) is 0 Å². The first kappa shape index (κ1) is 15.9. The number of nitrogens with two attached hydrogens (primary N) is 1. The van der Waals surface area contributed by atoms with Crippen LogP contribution in [0.4, 0.5) is 5.69 Å². The zero-order valence-electron chi connectivity index (χ0n) is 12.4. The quantitative estimate of drug-likeness (QED) is 0.652. The van der Waals surface area contributed by atoms with Crippen LogP contribution in [0.3, 0.4) is 0 Å². The molecule has 0 fully saturated rings. The lowest BCUT2D eigenvalue weighted by Gasteiger charge is -2.04. The van der Waals surface area contributed by atoms with Crippen molar-refractivity contribution in [3.8, 4) is 10.4 Å². The fraction of sp³-hybridized carbons (Fsp3) is 0.312. The van der Waals surface area contributed by atoms with E-state index in [2.05, 4.69) is 30.5 Å². The van der Waals surface area contributed by atoms with E-state index in [1.807, 2.05) is 6.92 Å². The number of carbonyl (C=O) groups excluding carboxylic acids is 1. The van der Waals surface area contributed by atoms with Gasteiger partial charge in [0, 0.05) is 9.77 Å². The number of thioether (sulfide) groups is 1. The largest absolute Gasteiger partial charge is 0.462 e. The Morgan fingerprint density at radius 3 is 2.48 bits per heavy atom. The Morgan fingerprint density at radius 1 is 1.29 bits per heavy atom. The number of hydrogen-bond donors (Lipinski definition) is 1. The standard InChI is InChI=1S/C16H19NO2S2/c1-4-12-13(17)15(16(18)19-5-2)21-14(12)10-6-8-11(20-3)9-7-10/h6-9H,4-5,17H2,1-3H3. The van der Waals surface area contributed by atoms with E-state index in [1.165, 1.54) is 16.2 Å². The minimum absolute atomic E-state index is 0.332. The van der Waals surface area contributed by atoms with Gasteiger partial charge in [0.1, 0.15) is 4.88 Å². The molecule has 2 rings (SSSR count). The van der Waals surface area contributed by atoms with Crippen LogP contribution < -0.4 is 5.73 Å². The van der Waals surface area contributed by atoms with Crippen molar-refractivity contribution < 1.29 is 9.53 Å². The third-order valence-electron chi connectivity index (χ3n) is 3.21. The van der Waals surface area contributed by atoms with Crippen LogP contribution in [0.1, 0.15) is 29.1 Å². The van der Waals surface area contributed by atoms with Gasteiger partial charge in [-0.15, -0.1) is 23.1 Å². The molecule has 0 aliphatic rings. The highest BCUT2D eigenvalue weighted by atomic mass is 32.2. The Hall–Kier alpha value is -1.46. The Labute approximate surface area is 133 Å². The average Bonchev–Trinajstić information content (AvgIpc) is 2.84. The Kier molecular flexibility index (Phi) is 5.31. The lowest BCUT2D eigenvalue weighted by Crippen LogP contribution is -2.05. The van der Waals surface area contributed by atoms with Crippen LogP contribution in [0, 0.1) is 0 Å². The first-order chi connectivity index (χ1) is 10.1. The van der Waals surface area contributed by atoms with E-state index in [0.717, 1.165) is 22.4 Å². The molecule has 0 radical (unpaired) electrons. The minimum Gasteiger partial charge on any atom is -0.462 e. The van der Waals surface area contributed by atoms with Crippen LogP contribution >= 0.6 is 23.1 Å². The lowest BCUT2D eigenvalue weighted by molar-refractivity contribution is 0.0533. The second kappa shape index (κ2) is 7.00. The van der Waals surface area contributed by atoms with Gasteiger partial charge in [0.15, 0.2) is 0 Å². The van der Waals surface area contributed by atoms with Crippen molar-refractivity contribution in [1.29, 1.82) is 0 Å². The number of nitrogen functional groups attached to an aromatic ring is 1. The van der Waals surface area contributed by atoms with Crippen molar-refractivity contribution in [2.24, 2.45) is 0 Å². The summed E-state index contributed by atoms with van der Waals surface area (Å²) >= 11 is 3.13. The molecule has 112 valence electrons. The minimum atomic E-state index is -0.332. The van der Waals surface area contributed by atoms with Gasteiger partial charge in [-0.3, -0.25) is 0 Å². The van der Waals surface area contributed by atoms with Crippen LogP contribution in [-0.2, 0) is 11.2 Å². The van der Waals surface area contributed by atoms with Gasteiger partial charge < -0.3 is 10.5 Å². The number of benzene rings is 1. The van der Waals surface area contributed by atoms with Gasteiger partial charge in [-0.2, -0.15) is 0 Å². The second-order valence-electron chi connectivity index (χ2n) is 4.46. The molecule has 0 amide bonds. The van der Waals surface area contributed by atoms with Crippen molar-refractivity contribution >= 4 is 34.8 Å². The van der Waals surface area contributed by atoms with E-state index < -0.39 is 0 Å². The normalized spacial score (nSPS) is 10.6. The summed E-state index contributed by atoms with van der Waals surface area (Å²) in [5.41, 5.74) is 8.83. The van der Waals surface area contributed by atoms with Crippen LogP contribution in [-0.4, -0.2) is 18.8 Å². The van der Waals surface area contributed by atoms with Gasteiger partial charge in [-0.1, -0.05) is 19.1 Å². The van der Waals surface area contributed by atoms with Crippen molar-refractivity contribution in [3.63, 3.8) is 0 Å². The zero-order chi connectivity index (χ0) is 15.4. The fourth-order valence-electron chi connectivity index (χ4n) is 2.15. The number of anilines is 1. The third-order valence-corrected chi connectivity index (χ3v) is 5.24. The van der Waals surface area contributed by atoms with Gasteiger partial charge in [0.2, 0.25) is 0 Å². The number of rotatable bonds is 5. The molecule has 3 nitrogen and oxygen atoms in total. The predicted octanol–water partition coefficient (Wildman–Crippen LogP) is 4.46. The van der Waals surface area contributed by atoms with E-state index in [1.54, 1.807) is 18.7 Å². The summed E-state index contributed by atoms with van der Waals surface area (Å²) in [5, 5.41) is 0. The molecule has 0 aliphatic carbocycles. The summed E-state index contributed by atoms with van der Waals surface area (Å²) in [6.07, 6.45) is 2.84. The van der Waals surface area contributed by atoms with Crippen molar-refractivity contribution in [1.82, 2.24) is 0 Å². The highest BCUT2D eigenvalue weighted by Gasteiger charge is 2.21. The summed E-state index contributed by atoms with van der Waals surface area (Å²) in [6.45, 7) is 4.20. The molecule has 5 heteroatoms. The summed E-state index contributed by atoms with van der Waals surface area (Å²) < 4.78 is 5.08. The fourth-order valence-corrected chi connectivity index (χ4v) is 3.77. The first-order valence-electron chi connectivity index (χ1n) is 6.85.